The van der Waals surface area contributed by atoms with Crippen LogP contribution in [0.3, 0.4) is 0 Å². The molecule has 0 N–H and O–H groups in total. The molecule has 0 aliphatic heterocycles. The van der Waals surface area contributed by atoms with Gasteiger partial charge in [0, 0.05) is 0 Å². The third kappa shape index (κ3) is 2.03. The minimum atomic E-state index is -6.45. The molecule has 0 fully saturated rings. The zero-order chi connectivity index (χ0) is 13.5. The van der Waals surface area contributed by atoms with Gasteiger partial charge in [0.2, 0.25) is 0 Å². The third-order valence-corrected chi connectivity index (χ3v) is 1.98. The van der Waals surface area contributed by atoms with E-state index in [9.17, 15) is 35.8 Å². The lowest BCUT2D eigenvalue weighted by Crippen LogP contribution is -2.50. The van der Waals surface area contributed by atoms with Crippen LogP contribution in [0, 0.1) is 0 Å². The average molecular weight is 261 g/mol. The minimum Gasteiger partial charge on any atom is -0.289 e. The van der Waals surface area contributed by atoms with Crippen molar-refractivity contribution in [2.45, 2.75) is 18.0 Å². The van der Waals surface area contributed by atoms with Crippen LogP contribution in [0.5, 0.6) is 5.75 Å². The Bertz CT molecular complexity index is 410. The third-order valence-electron chi connectivity index (χ3n) is 1.98. The Morgan fingerprint density at radius 2 is 1.29 bits per heavy atom. The number of para-hydroxylation sites is 1. The van der Waals surface area contributed by atoms with Crippen molar-refractivity contribution in [3.05, 3.63) is 29.8 Å². The predicted octanol–water partition coefficient (Wildman–Crippen LogP) is 4.12. The Kier molecular flexibility index (Phi) is 3.02. The highest BCUT2D eigenvalue weighted by Gasteiger charge is 2.74. The molecule has 17 heavy (non-hydrogen) atoms. The first-order valence-corrected chi connectivity index (χ1v) is 4.10. The molecule has 0 heterocycles. The van der Waals surface area contributed by atoms with Gasteiger partial charge >= 0.3 is 18.0 Å². The highest BCUT2D eigenvalue weighted by atomic mass is 19.4. The maximum Gasteiger partial charge on any atom is 0.460 e. The lowest BCUT2D eigenvalue weighted by Gasteiger charge is -2.28. The SMILES string of the molecule is [O]c1ccccc1C(F)(F)C(F)(F)C(F)(F)F. The number of hydrogen-bond donors (Lipinski definition) is 0. The number of rotatable bonds is 2. The number of hydrogen-bond acceptors (Lipinski definition) is 0. The van der Waals surface area contributed by atoms with Gasteiger partial charge in [0.05, 0.1) is 5.56 Å². The maximum absolute atomic E-state index is 13.0. The number of halogens is 7. The summed E-state index contributed by atoms with van der Waals surface area (Å²) in [5.74, 6) is -13.5. The second-order valence-corrected chi connectivity index (χ2v) is 3.14. The van der Waals surface area contributed by atoms with E-state index in [0.29, 0.717) is 6.07 Å². The largest absolute Gasteiger partial charge is 0.460 e. The van der Waals surface area contributed by atoms with E-state index in [1.165, 1.54) is 0 Å². The van der Waals surface area contributed by atoms with Crippen LogP contribution in [0.25, 0.3) is 0 Å². The van der Waals surface area contributed by atoms with Gasteiger partial charge in [-0.15, -0.1) is 0 Å². The molecule has 1 rings (SSSR count). The van der Waals surface area contributed by atoms with Gasteiger partial charge in [-0.05, 0) is 12.1 Å². The first kappa shape index (κ1) is 13.6. The molecule has 1 radical (unpaired) electrons. The molecule has 0 spiro atoms. The standard InChI is InChI=1S/C9H4F7O/c10-7(11,8(12,13)9(14,15)16)5-3-1-2-4-6(5)17/h1-4H. The van der Waals surface area contributed by atoms with Crippen molar-refractivity contribution in [2.75, 3.05) is 0 Å². The van der Waals surface area contributed by atoms with Crippen LogP contribution in [-0.4, -0.2) is 12.1 Å². The molecule has 0 unspecified atom stereocenters. The second kappa shape index (κ2) is 3.78. The molecule has 0 bridgehead atoms. The molecule has 0 aliphatic carbocycles. The molecule has 0 saturated carbocycles. The van der Waals surface area contributed by atoms with Crippen LogP contribution < -0.4 is 0 Å². The predicted molar refractivity (Wildman–Crippen MR) is 41.5 cm³/mol. The maximum atomic E-state index is 13.0. The first-order valence-electron chi connectivity index (χ1n) is 4.10. The summed E-state index contributed by atoms with van der Waals surface area (Å²) >= 11 is 0. The average Bonchev–Trinajstić information content (AvgIpc) is 2.16. The van der Waals surface area contributed by atoms with E-state index in [0.717, 1.165) is 12.1 Å². The first-order chi connectivity index (χ1) is 7.52. The fraction of sp³-hybridized carbons (Fsp3) is 0.333. The van der Waals surface area contributed by atoms with E-state index in [4.69, 9.17) is 0 Å². The van der Waals surface area contributed by atoms with Gasteiger partial charge in [-0.2, -0.15) is 30.7 Å². The van der Waals surface area contributed by atoms with E-state index in [1.54, 1.807) is 0 Å². The minimum absolute atomic E-state index is 0.238. The summed E-state index contributed by atoms with van der Waals surface area (Å²) in [6.45, 7) is 0. The van der Waals surface area contributed by atoms with Gasteiger partial charge < -0.3 is 0 Å². The van der Waals surface area contributed by atoms with Crippen molar-refractivity contribution in [1.82, 2.24) is 0 Å². The Morgan fingerprint density at radius 1 is 0.824 bits per heavy atom. The summed E-state index contributed by atoms with van der Waals surface area (Å²) in [5.41, 5.74) is -1.89. The van der Waals surface area contributed by atoms with Gasteiger partial charge in [0.1, 0.15) is 0 Å². The van der Waals surface area contributed by atoms with Crippen molar-refractivity contribution < 1.29 is 35.8 Å². The second-order valence-electron chi connectivity index (χ2n) is 3.14. The topological polar surface area (TPSA) is 19.9 Å². The summed E-state index contributed by atoms with van der Waals surface area (Å²) in [7, 11) is 0. The van der Waals surface area contributed by atoms with Crippen molar-refractivity contribution in [3.63, 3.8) is 0 Å². The zero-order valence-electron chi connectivity index (χ0n) is 7.86. The van der Waals surface area contributed by atoms with E-state index < -0.39 is 29.3 Å². The van der Waals surface area contributed by atoms with E-state index in [1.807, 2.05) is 0 Å². The highest BCUT2D eigenvalue weighted by molar-refractivity contribution is 5.36. The molecule has 1 aromatic rings. The molecule has 0 aromatic heterocycles. The number of benzene rings is 1. The fourth-order valence-corrected chi connectivity index (χ4v) is 1.07. The van der Waals surface area contributed by atoms with Gasteiger partial charge in [-0.1, -0.05) is 12.1 Å². The van der Waals surface area contributed by atoms with Gasteiger partial charge in [0.25, 0.3) is 0 Å². The van der Waals surface area contributed by atoms with E-state index in [-0.39, 0.29) is 6.07 Å². The van der Waals surface area contributed by atoms with E-state index in [2.05, 4.69) is 0 Å². The van der Waals surface area contributed by atoms with Crippen molar-refractivity contribution >= 4 is 0 Å². The van der Waals surface area contributed by atoms with Crippen LogP contribution in [0.1, 0.15) is 5.56 Å². The zero-order valence-corrected chi connectivity index (χ0v) is 7.86. The van der Waals surface area contributed by atoms with E-state index >= 15 is 0 Å². The van der Waals surface area contributed by atoms with Crippen molar-refractivity contribution in [1.29, 1.82) is 0 Å². The Balaban J connectivity index is 3.34. The Labute approximate surface area is 90.5 Å². The molecular formula is C9H4F7O. The van der Waals surface area contributed by atoms with Crippen molar-refractivity contribution in [2.24, 2.45) is 0 Å². The quantitative estimate of drug-likeness (QED) is 0.713. The normalized spacial score (nSPS) is 13.8. The summed E-state index contributed by atoms with van der Waals surface area (Å²) in [6, 6.07) is 2.45. The molecule has 0 saturated heterocycles. The summed E-state index contributed by atoms with van der Waals surface area (Å²) < 4.78 is 86.6. The fourth-order valence-electron chi connectivity index (χ4n) is 1.07. The van der Waals surface area contributed by atoms with Crippen LogP contribution in [0.15, 0.2) is 24.3 Å². The summed E-state index contributed by atoms with van der Waals surface area (Å²) in [4.78, 5) is 0. The number of alkyl halides is 7. The smallest absolute Gasteiger partial charge is 0.289 e. The van der Waals surface area contributed by atoms with Gasteiger partial charge in [-0.25, -0.2) is 0 Å². The summed E-state index contributed by atoms with van der Waals surface area (Å²) in [6.07, 6.45) is -6.45. The van der Waals surface area contributed by atoms with Crippen LogP contribution >= 0.6 is 0 Å². The molecule has 0 amide bonds. The Hall–Kier alpha value is -1.47. The van der Waals surface area contributed by atoms with Gasteiger partial charge in [0.15, 0.2) is 5.75 Å². The van der Waals surface area contributed by atoms with Crippen molar-refractivity contribution in [3.8, 4) is 5.75 Å². The summed E-state index contributed by atoms with van der Waals surface area (Å²) in [5, 5.41) is 10.9. The van der Waals surface area contributed by atoms with Crippen LogP contribution in [0.4, 0.5) is 30.7 Å². The molecule has 1 nitrogen and oxygen atoms in total. The molecule has 0 atom stereocenters. The lowest BCUT2D eigenvalue weighted by atomic mass is 10.0. The molecule has 95 valence electrons. The molecule has 1 aromatic carbocycles. The molecule has 0 aliphatic rings. The lowest BCUT2D eigenvalue weighted by molar-refractivity contribution is -0.359. The molecule has 8 heteroatoms. The monoisotopic (exact) mass is 261 g/mol. The van der Waals surface area contributed by atoms with Gasteiger partial charge in [-0.3, -0.25) is 5.11 Å². The van der Waals surface area contributed by atoms with Crippen LogP contribution in [0.2, 0.25) is 0 Å². The molecular weight excluding hydrogens is 257 g/mol. The van der Waals surface area contributed by atoms with Crippen LogP contribution in [-0.2, 0) is 11.0 Å². The highest BCUT2D eigenvalue weighted by Crippen LogP contribution is 2.53. The Morgan fingerprint density at radius 3 is 1.71 bits per heavy atom.